The summed E-state index contributed by atoms with van der Waals surface area (Å²) < 4.78 is 15.6. The number of hydrogen-bond acceptors (Lipinski definition) is 6. The molecule has 1 amide bonds. The molecule has 0 radical (unpaired) electrons. The number of piperidine rings is 1. The summed E-state index contributed by atoms with van der Waals surface area (Å²) in [7, 11) is 3.04. The highest BCUT2D eigenvalue weighted by molar-refractivity contribution is 5.77. The van der Waals surface area contributed by atoms with Crippen molar-refractivity contribution in [2.75, 3.05) is 33.9 Å². The van der Waals surface area contributed by atoms with Gasteiger partial charge in [0, 0.05) is 13.7 Å². The molecule has 1 fully saturated rings. The van der Waals surface area contributed by atoms with Crippen molar-refractivity contribution in [2.45, 2.75) is 18.9 Å². The largest absolute Gasteiger partial charge is 0.480 e. The fourth-order valence-corrected chi connectivity index (χ4v) is 2.13. The zero-order valence-electron chi connectivity index (χ0n) is 11.7. The van der Waals surface area contributed by atoms with Crippen LogP contribution in [-0.2, 0) is 9.53 Å². The lowest BCUT2D eigenvalue weighted by Gasteiger charge is -2.32. The first-order valence-corrected chi connectivity index (χ1v) is 6.52. The predicted octanol–water partition coefficient (Wildman–Crippen LogP) is 0.501. The monoisotopic (exact) mass is 281 g/mol. The van der Waals surface area contributed by atoms with Gasteiger partial charge in [0.15, 0.2) is 0 Å². The highest BCUT2D eigenvalue weighted by Crippen LogP contribution is 2.18. The van der Waals surface area contributed by atoms with Gasteiger partial charge in [0.25, 0.3) is 0 Å². The number of nitrogens with zero attached hydrogens (tertiary/aromatic N) is 3. The lowest BCUT2D eigenvalue weighted by molar-refractivity contribution is -0.137. The first-order valence-electron chi connectivity index (χ1n) is 6.52. The van der Waals surface area contributed by atoms with Crippen LogP contribution >= 0.6 is 0 Å². The van der Waals surface area contributed by atoms with Crippen LogP contribution in [0.1, 0.15) is 12.8 Å². The highest BCUT2D eigenvalue weighted by Gasteiger charge is 2.25. The molecule has 1 aromatic heterocycles. The Bertz CT molecular complexity index is 455. The molecule has 20 heavy (non-hydrogen) atoms. The number of carbonyl (C=O) groups excluding carboxylic acids is 1. The van der Waals surface area contributed by atoms with Crippen molar-refractivity contribution in [1.82, 2.24) is 14.9 Å². The molecule has 0 saturated carbocycles. The second kappa shape index (κ2) is 7.04. The van der Waals surface area contributed by atoms with Gasteiger partial charge in [-0.2, -0.15) is 4.98 Å². The number of likely N-dealkylation sites (tertiary alicyclic amines) is 1. The number of ether oxygens (including phenoxy) is 3. The molecule has 0 aliphatic carbocycles. The molecular weight excluding hydrogens is 262 g/mol. The maximum Gasteiger partial charge on any atom is 0.248 e. The summed E-state index contributed by atoms with van der Waals surface area (Å²) in [6, 6.07) is 0. The topological polar surface area (TPSA) is 73.8 Å². The molecule has 2 heterocycles. The Morgan fingerprint density at radius 1 is 1.40 bits per heavy atom. The minimum Gasteiger partial charge on any atom is -0.480 e. The van der Waals surface area contributed by atoms with Gasteiger partial charge in [-0.1, -0.05) is 0 Å². The molecule has 1 aliphatic heterocycles. The Labute approximate surface area is 117 Å². The maximum absolute atomic E-state index is 11.8. The van der Waals surface area contributed by atoms with Crippen LogP contribution in [0.2, 0.25) is 0 Å². The number of methoxy groups -OCH3 is 2. The number of rotatable bonds is 5. The van der Waals surface area contributed by atoms with Gasteiger partial charge < -0.3 is 19.1 Å². The van der Waals surface area contributed by atoms with E-state index < -0.39 is 0 Å². The van der Waals surface area contributed by atoms with Gasteiger partial charge in [-0.25, -0.2) is 0 Å². The van der Waals surface area contributed by atoms with Crippen LogP contribution in [0.25, 0.3) is 0 Å². The fraction of sp³-hybridized carbons (Fsp3) is 0.615. The standard InChI is InChI=1S/C13H19N3O4/c1-18-9-13(17)16-5-3-4-10(8-16)20-12-7-14-6-11(15-12)19-2/h6-7,10H,3-5,8-9H2,1-2H3/t10-/m0/s1. The van der Waals surface area contributed by atoms with E-state index in [2.05, 4.69) is 9.97 Å². The molecule has 0 spiro atoms. The van der Waals surface area contributed by atoms with Crippen molar-refractivity contribution in [2.24, 2.45) is 0 Å². The maximum atomic E-state index is 11.8. The number of carbonyl (C=O) groups is 1. The average Bonchev–Trinajstić information content (AvgIpc) is 2.48. The number of hydrogen-bond donors (Lipinski definition) is 0. The van der Waals surface area contributed by atoms with Gasteiger partial charge in [0.05, 0.1) is 26.0 Å². The summed E-state index contributed by atoms with van der Waals surface area (Å²) in [5.74, 6) is 0.804. The van der Waals surface area contributed by atoms with Gasteiger partial charge in [-0.05, 0) is 12.8 Å². The smallest absolute Gasteiger partial charge is 0.248 e. The quantitative estimate of drug-likeness (QED) is 0.782. The Morgan fingerprint density at radius 2 is 2.20 bits per heavy atom. The molecule has 0 bridgehead atoms. The highest BCUT2D eigenvalue weighted by atomic mass is 16.5. The van der Waals surface area contributed by atoms with E-state index in [1.807, 2.05) is 0 Å². The molecule has 7 heteroatoms. The molecule has 1 aromatic rings. The van der Waals surface area contributed by atoms with Crippen LogP contribution in [0.4, 0.5) is 0 Å². The average molecular weight is 281 g/mol. The van der Waals surface area contributed by atoms with Crippen LogP contribution in [0.5, 0.6) is 11.8 Å². The lowest BCUT2D eigenvalue weighted by Crippen LogP contribution is -2.45. The lowest BCUT2D eigenvalue weighted by atomic mass is 10.1. The molecule has 0 N–H and O–H groups in total. The summed E-state index contributed by atoms with van der Waals surface area (Å²) >= 11 is 0. The molecule has 1 atom stereocenters. The van der Waals surface area contributed by atoms with E-state index in [0.717, 1.165) is 19.4 Å². The van der Waals surface area contributed by atoms with Gasteiger partial charge in [0.1, 0.15) is 12.7 Å². The second-order valence-corrected chi connectivity index (χ2v) is 4.55. The van der Waals surface area contributed by atoms with Gasteiger partial charge in [0.2, 0.25) is 17.7 Å². The van der Waals surface area contributed by atoms with Crippen molar-refractivity contribution in [3.8, 4) is 11.8 Å². The Hall–Kier alpha value is -1.89. The summed E-state index contributed by atoms with van der Waals surface area (Å²) in [6.45, 7) is 1.39. The summed E-state index contributed by atoms with van der Waals surface area (Å²) in [6.07, 6.45) is 4.76. The van der Waals surface area contributed by atoms with Gasteiger partial charge in [-0.15, -0.1) is 0 Å². The SMILES string of the molecule is COCC(=O)N1CCC[C@H](Oc2cncc(OC)n2)C1. The fourth-order valence-electron chi connectivity index (χ4n) is 2.13. The number of amides is 1. The molecule has 0 unspecified atom stereocenters. The van der Waals surface area contributed by atoms with Crippen LogP contribution in [0.3, 0.4) is 0 Å². The summed E-state index contributed by atoms with van der Waals surface area (Å²) in [4.78, 5) is 21.7. The van der Waals surface area contributed by atoms with E-state index in [4.69, 9.17) is 14.2 Å². The first-order chi connectivity index (χ1) is 9.72. The second-order valence-electron chi connectivity index (χ2n) is 4.55. The third-order valence-corrected chi connectivity index (χ3v) is 3.09. The van der Waals surface area contributed by atoms with Crippen LogP contribution < -0.4 is 9.47 Å². The minimum absolute atomic E-state index is 0.0162. The predicted molar refractivity (Wildman–Crippen MR) is 70.7 cm³/mol. The van der Waals surface area contributed by atoms with E-state index in [9.17, 15) is 4.79 Å². The number of aromatic nitrogens is 2. The van der Waals surface area contributed by atoms with Gasteiger partial charge >= 0.3 is 0 Å². The third kappa shape index (κ3) is 3.80. The Morgan fingerprint density at radius 3 is 2.95 bits per heavy atom. The van der Waals surface area contributed by atoms with Crippen molar-refractivity contribution >= 4 is 5.91 Å². The molecular formula is C13H19N3O4. The molecule has 2 rings (SSSR count). The first kappa shape index (κ1) is 14.5. The molecule has 1 aliphatic rings. The van der Waals surface area contributed by atoms with Crippen molar-refractivity contribution in [3.05, 3.63) is 12.4 Å². The van der Waals surface area contributed by atoms with Crippen molar-refractivity contribution < 1.29 is 19.0 Å². The van der Waals surface area contributed by atoms with E-state index in [1.165, 1.54) is 20.4 Å². The van der Waals surface area contributed by atoms with Crippen LogP contribution in [0.15, 0.2) is 12.4 Å². The Balaban J connectivity index is 1.93. The molecule has 7 nitrogen and oxygen atoms in total. The zero-order valence-corrected chi connectivity index (χ0v) is 11.7. The molecule has 1 saturated heterocycles. The van der Waals surface area contributed by atoms with E-state index >= 15 is 0 Å². The van der Waals surface area contributed by atoms with Crippen molar-refractivity contribution in [1.29, 1.82) is 0 Å². The minimum atomic E-state index is -0.0778. The summed E-state index contributed by atoms with van der Waals surface area (Å²) in [5, 5.41) is 0. The van der Waals surface area contributed by atoms with Gasteiger partial charge in [-0.3, -0.25) is 9.78 Å². The summed E-state index contributed by atoms with van der Waals surface area (Å²) in [5.41, 5.74) is 0. The van der Waals surface area contributed by atoms with Crippen LogP contribution in [-0.4, -0.2) is 60.8 Å². The van der Waals surface area contributed by atoms with Crippen LogP contribution in [0, 0.1) is 0 Å². The molecule has 0 aromatic carbocycles. The van der Waals surface area contributed by atoms with Crippen molar-refractivity contribution in [3.63, 3.8) is 0 Å². The third-order valence-electron chi connectivity index (χ3n) is 3.09. The normalized spacial score (nSPS) is 18.7. The Kier molecular flexibility index (Phi) is 5.11. The molecule has 110 valence electrons. The zero-order chi connectivity index (χ0) is 14.4. The van der Waals surface area contributed by atoms with E-state index in [0.29, 0.717) is 18.3 Å². The van der Waals surface area contributed by atoms with E-state index in [-0.39, 0.29) is 18.6 Å². The van der Waals surface area contributed by atoms with E-state index in [1.54, 1.807) is 11.1 Å².